The molecular formula is C19H23N3O4S. The molecule has 0 bridgehead atoms. The summed E-state index contributed by atoms with van der Waals surface area (Å²) in [5.74, 6) is -0.423. The lowest BCUT2D eigenvalue weighted by molar-refractivity contribution is 0.0950. The summed E-state index contributed by atoms with van der Waals surface area (Å²) in [6.45, 7) is 4.70. The maximum atomic E-state index is 12.7. The summed E-state index contributed by atoms with van der Waals surface area (Å²) in [5, 5.41) is 2.70. The number of pyridine rings is 1. The molecule has 144 valence electrons. The number of carbonyl (C=O) groups is 1. The lowest BCUT2D eigenvalue weighted by Gasteiger charge is -2.16. The summed E-state index contributed by atoms with van der Waals surface area (Å²) in [4.78, 5) is 27.4. The Morgan fingerprint density at radius 1 is 1.19 bits per heavy atom. The zero-order valence-electron chi connectivity index (χ0n) is 15.4. The van der Waals surface area contributed by atoms with Crippen molar-refractivity contribution in [1.82, 2.24) is 14.6 Å². The van der Waals surface area contributed by atoms with Crippen LogP contribution in [0.1, 0.15) is 40.0 Å². The highest BCUT2D eigenvalue weighted by atomic mass is 32.2. The van der Waals surface area contributed by atoms with Crippen LogP contribution in [0, 0.1) is 13.8 Å². The molecule has 1 aliphatic rings. The molecule has 3 rings (SSSR count). The molecule has 0 atom stereocenters. The zero-order chi connectivity index (χ0) is 19.6. The molecular weight excluding hydrogens is 366 g/mol. The molecule has 2 N–H and O–H groups in total. The van der Waals surface area contributed by atoms with Crippen molar-refractivity contribution in [3.8, 4) is 0 Å². The third-order valence-corrected chi connectivity index (χ3v) is 6.61. The fourth-order valence-corrected chi connectivity index (χ4v) is 4.81. The Balaban J connectivity index is 1.77. The van der Waals surface area contributed by atoms with Crippen molar-refractivity contribution in [3.05, 3.63) is 63.1 Å². The molecule has 1 aliphatic heterocycles. The number of benzene rings is 1. The van der Waals surface area contributed by atoms with Crippen molar-refractivity contribution < 1.29 is 13.2 Å². The van der Waals surface area contributed by atoms with Crippen LogP contribution in [0.3, 0.4) is 0 Å². The van der Waals surface area contributed by atoms with E-state index in [1.54, 1.807) is 19.1 Å². The van der Waals surface area contributed by atoms with Crippen molar-refractivity contribution in [2.45, 2.75) is 38.1 Å². The Bertz CT molecular complexity index is 1020. The van der Waals surface area contributed by atoms with Crippen molar-refractivity contribution in [2.75, 3.05) is 13.1 Å². The number of sulfonamides is 1. The van der Waals surface area contributed by atoms with Gasteiger partial charge in [-0.15, -0.1) is 0 Å². The van der Waals surface area contributed by atoms with Gasteiger partial charge in [0.2, 0.25) is 10.0 Å². The normalized spacial score (nSPS) is 15.0. The Kier molecular flexibility index (Phi) is 5.48. The van der Waals surface area contributed by atoms with Crippen LogP contribution in [-0.2, 0) is 16.6 Å². The largest absolute Gasteiger partial charge is 0.348 e. The molecule has 1 aromatic carbocycles. The van der Waals surface area contributed by atoms with E-state index in [0.717, 1.165) is 24.1 Å². The van der Waals surface area contributed by atoms with Gasteiger partial charge in [-0.3, -0.25) is 9.59 Å². The minimum Gasteiger partial charge on any atom is -0.348 e. The van der Waals surface area contributed by atoms with Crippen LogP contribution >= 0.6 is 0 Å². The fourth-order valence-electron chi connectivity index (χ4n) is 3.25. The van der Waals surface area contributed by atoms with Crippen LogP contribution < -0.4 is 10.9 Å². The summed E-state index contributed by atoms with van der Waals surface area (Å²) >= 11 is 0. The van der Waals surface area contributed by atoms with Crippen LogP contribution in [-0.4, -0.2) is 36.7 Å². The monoisotopic (exact) mass is 389 g/mol. The average molecular weight is 389 g/mol. The number of carbonyl (C=O) groups excluding carboxylic acids is 1. The standard InChI is InChI=1S/C19H23N3O4S/c1-13-10-14(2)21-19(24)17(13)12-20-18(23)15-6-5-7-16(11-15)27(25,26)22-8-3-4-9-22/h5-7,10-11H,3-4,8-9,12H2,1-2H3,(H,20,23)(H,21,24). The smallest absolute Gasteiger partial charge is 0.253 e. The van der Waals surface area contributed by atoms with Crippen LogP contribution in [0.4, 0.5) is 0 Å². The second-order valence-corrected chi connectivity index (χ2v) is 8.70. The van der Waals surface area contributed by atoms with Gasteiger partial charge in [0.15, 0.2) is 0 Å². The maximum Gasteiger partial charge on any atom is 0.253 e. The minimum absolute atomic E-state index is 0.0728. The Hall–Kier alpha value is -2.45. The Morgan fingerprint density at radius 2 is 1.89 bits per heavy atom. The summed E-state index contributed by atoms with van der Waals surface area (Å²) < 4.78 is 26.8. The number of amides is 1. The number of rotatable bonds is 5. The molecule has 2 aromatic rings. The predicted octanol–water partition coefficient (Wildman–Crippen LogP) is 1.71. The van der Waals surface area contributed by atoms with Gasteiger partial charge in [0.1, 0.15) is 0 Å². The zero-order valence-corrected chi connectivity index (χ0v) is 16.2. The van der Waals surface area contributed by atoms with E-state index in [2.05, 4.69) is 10.3 Å². The third kappa shape index (κ3) is 4.12. The van der Waals surface area contributed by atoms with Gasteiger partial charge in [0.25, 0.3) is 11.5 Å². The first-order chi connectivity index (χ1) is 12.8. The highest BCUT2D eigenvalue weighted by Crippen LogP contribution is 2.21. The molecule has 0 aliphatic carbocycles. The number of aromatic amines is 1. The van der Waals surface area contributed by atoms with E-state index >= 15 is 0 Å². The first-order valence-electron chi connectivity index (χ1n) is 8.87. The lowest BCUT2D eigenvalue weighted by atomic mass is 10.1. The quantitative estimate of drug-likeness (QED) is 0.813. The SMILES string of the molecule is Cc1cc(C)c(CNC(=O)c2cccc(S(=O)(=O)N3CCCC3)c2)c(=O)[nH]1. The summed E-state index contributed by atoms with van der Waals surface area (Å²) in [6, 6.07) is 7.84. The third-order valence-electron chi connectivity index (χ3n) is 4.72. The first-order valence-corrected chi connectivity index (χ1v) is 10.3. The van der Waals surface area contributed by atoms with Crippen LogP contribution in [0.15, 0.2) is 40.0 Å². The van der Waals surface area contributed by atoms with Gasteiger partial charge in [-0.1, -0.05) is 6.07 Å². The molecule has 2 heterocycles. The molecule has 0 unspecified atom stereocenters. The number of hydrogen-bond donors (Lipinski definition) is 2. The number of hydrogen-bond acceptors (Lipinski definition) is 4. The van der Waals surface area contributed by atoms with Gasteiger partial charge in [-0.2, -0.15) is 4.31 Å². The van der Waals surface area contributed by atoms with Crippen molar-refractivity contribution in [3.63, 3.8) is 0 Å². The fraction of sp³-hybridized carbons (Fsp3) is 0.368. The highest BCUT2D eigenvalue weighted by Gasteiger charge is 2.27. The molecule has 0 saturated carbocycles. The van der Waals surface area contributed by atoms with Crippen molar-refractivity contribution in [2.24, 2.45) is 0 Å². The van der Waals surface area contributed by atoms with E-state index in [4.69, 9.17) is 0 Å². The number of aromatic nitrogens is 1. The molecule has 8 heteroatoms. The van der Waals surface area contributed by atoms with E-state index in [-0.39, 0.29) is 22.6 Å². The van der Waals surface area contributed by atoms with E-state index in [0.29, 0.717) is 18.7 Å². The number of aryl methyl sites for hydroxylation is 2. The second kappa shape index (κ2) is 7.66. The van der Waals surface area contributed by atoms with E-state index in [1.165, 1.54) is 16.4 Å². The van der Waals surface area contributed by atoms with Crippen molar-refractivity contribution in [1.29, 1.82) is 0 Å². The number of nitrogens with one attached hydrogen (secondary N) is 2. The van der Waals surface area contributed by atoms with Crippen molar-refractivity contribution >= 4 is 15.9 Å². The molecule has 1 aromatic heterocycles. The maximum absolute atomic E-state index is 12.7. The Morgan fingerprint density at radius 3 is 2.56 bits per heavy atom. The van der Waals surface area contributed by atoms with E-state index in [9.17, 15) is 18.0 Å². The van der Waals surface area contributed by atoms with Crippen LogP contribution in [0.25, 0.3) is 0 Å². The molecule has 0 radical (unpaired) electrons. The first kappa shape index (κ1) is 19.3. The van der Waals surface area contributed by atoms with Gasteiger partial charge >= 0.3 is 0 Å². The summed E-state index contributed by atoms with van der Waals surface area (Å²) in [6.07, 6.45) is 1.70. The minimum atomic E-state index is -3.58. The van der Waals surface area contributed by atoms with Gasteiger partial charge < -0.3 is 10.3 Å². The average Bonchev–Trinajstić information content (AvgIpc) is 3.16. The molecule has 1 fully saturated rings. The lowest BCUT2D eigenvalue weighted by Crippen LogP contribution is -2.29. The molecule has 27 heavy (non-hydrogen) atoms. The number of H-pyrrole nitrogens is 1. The van der Waals surface area contributed by atoms with Crippen LogP contribution in [0.2, 0.25) is 0 Å². The molecule has 7 nitrogen and oxygen atoms in total. The van der Waals surface area contributed by atoms with Gasteiger partial charge in [0.05, 0.1) is 4.90 Å². The topological polar surface area (TPSA) is 99.3 Å². The molecule has 1 amide bonds. The van der Waals surface area contributed by atoms with Gasteiger partial charge in [0, 0.05) is 36.5 Å². The molecule has 1 saturated heterocycles. The van der Waals surface area contributed by atoms with Gasteiger partial charge in [-0.05, 0) is 56.5 Å². The van der Waals surface area contributed by atoms with Crippen LogP contribution in [0.5, 0.6) is 0 Å². The Labute approximate surface area is 158 Å². The van der Waals surface area contributed by atoms with Gasteiger partial charge in [-0.25, -0.2) is 8.42 Å². The summed E-state index contributed by atoms with van der Waals surface area (Å²) in [7, 11) is -3.58. The van der Waals surface area contributed by atoms with E-state index < -0.39 is 15.9 Å². The number of nitrogens with zero attached hydrogens (tertiary/aromatic N) is 1. The predicted molar refractivity (Wildman–Crippen MR) is 102 cm³/mol. The summed E-state index contributed by atoms with van der Waals surface area (Å²) in [5.41, 5.74) is 2.04. The highest BCUT2D eigenvalue weighted by molar-refractivity contribution is 7.89. The molecule has 0 spiro atoms. The second-order valence-electron chi connectivity index (χ2n) is 6.76. The van der Waals surface area contributed by atoms with E-state index in [1.807, 2.05) is 13.0 Å².